The highest BCUT2D eigenvalue weighted by atomic mass is 16.5. The van der Waals surface area contributed by atoms with Crippen LogP contribution in [0.3, 0.4) is 0 Å². The summed E-state index contributed by atoms with van der Waals surface area (Å²) < 4.78 is 6.01. The molecule has 2 aromatic rings. The number of hydrogen-bond acceptors (Lipinski definition) is 5. The lowest BCUT2D eigenvalue weighted by atomic mass is 9.94. The predicted molar refractivity (Wildman–Crippen MR) is 103 cm³/mol. The fraction of sp³-hybridized carbons (Fsp3) is 0.300. The second-order valence-electron chi connectivity index (χ2n) is 6.66. The molecule has 0 radical (unpaired) electrons. The van der Waals surface area contributed by atoms with E-state index in [1.54, 1.807) is 4.90 Å². The SMILES string of the molecule is CNC(=O)c1cc(C(=O)O)cn(Cc2cccc3c2CCN(C(=O)OC)C3)c1=O. The number of benzene rings is 1. The van der Waals surface area contributed by atoms with Gasteiger partial charge < -0.3 is 24.6 Å². The summed E-state index contributed by atoms with van der Waals surface area (Å²) in [5.74, 6) is -1.87. The van der Waals surface area contributed by atoms with Crippen LogP contribution in [0.1, 0.15) is 37.4 Å². The van der Waals surface area contributed by atoms with E-state index in [-0.39, 0.29) is 17.7 Å². The van der Waals surface area contributed by atoms with Gasteiger partial charge in [-0.05, 0) is 29.2 Å². The van der Waals surface area contributed by atoms with Crippen LogP contribution in [0.25, 0.3) is 0 Å². The zero-order chi connectivity index (χ0) is 21.1. The summed E-state index contributed by atoms with van der Waals surface area (Å²) in [5, 5.41) is 11.7. The van der Waals surface area contributed by atoms with Crippen molar-refractivity contribution in [2.75, 3.05) is 20.7 Å². The first-order valence-corrected chi connectivity index (χ1v) is 8.98. The molecule has 0 fully saturated rings. The quantitative estimate of drug-likeness (QED) is 0.794. The first-order valence-electron chi connectivity index (χ1n) is 8.98. The zero-order valence-electron chi connectivity index (χ0n) is 16.1. The molecule has 1 aliphatic rings. The van der Waals surface area contributed by atoms with E-state index in [0.29, 0.717) is 19.5 Å². The minimum Gasteiger partial charge on any atom is -0.478 e. The second-order valence-corrected chi connectivity index (χ2v) is 6.66. The van der Waals surface area contributed by atoms with Crippen molar-refractivity contribution >= 4 is 18.0 Å². The molecule has 1 aromatic carbocycles. The van der Waals surface area contributed by atoms with Crippen LogP contribution in [0.5, 0.6) is 0 Å². The molecule has 0 unspecified atom stereocenters. The van der Waals surface area contributed by atoms with Crippen molar-refractivity contribution in [3.8, 4) is 0 Å². The van der Waals surface area contributed by atoms with Crippen LogP contribution in [-0.2, 0) is 24.2 Å². The van der Waals surface area contributed by atoms with Crippen LogP contribution in [0.4, 0.5) is 4.79 Å². The number of methoxy groups -OCH3 is 1. The molecule has 0 bridgehead atoms. The second kappa shape index (κ2) is 8.17. The molecule has 9 heteroatoms. The molecular weight excluding hydrogens is 378 g/mol. The number of nitrogens with zero attached hydrogens (tertiary/aromatic N) is 2. The van der Waals surface area contributed by atoms with E-state index >= 15 is 0 Å². The molecule has 0 saturated carbocycles. The van der Waals surface area contributed by atoms with Crippen LogP contribution >= 0.6 is 0 Å². The Balaban J connectivity index is 2.00. The maximum Gasteiger partial charge on any atom is 0.409 e. The molecule has 29 heavy (non-hydrogen) atoms. The van der Waals surface area contributed by atoms with Crippen molar-refractivity contribution < 1.29 is 24.2 Å². The van der Waals surface area contributed by atoms with E-state index < -0.39 is 23.5 Å². The predicted octanol–water partition coefficient (Wildman–Crippen LogP) is 1.08. The molecule has 1 aliphatic heterocycles. The highest BCUT2D eigenvalue weighted by Crippen LogP contribution is 2.23. The van der Waals surface area contributed by atoms with Crippen molar-refractivity contribution in [1.29, 1.82) is 0 Å². The number of nitrogens with one attached hydrogen (secondary N) is 1. The minimum absolute atomic E-state index is 0.116. The molecule has 2 amide bonds. The third-order valence-electron chi connectivity index (χ3n) is 4.94. The number of amides is 2. The Morgan fingerprint density at radius 3 is 2.69 bits per heavy atom. The molecule has 2 heterocycles. The molecule has 0 spiro atoms. The molecule has 0 saturated heterocycles. The normalized spacial score (nSPS) is 12.8. The summed E-state index contributed by atoms with van der Waals surface area (Å²) >= 11 is 0. The van der Waals surface area contributed by atoms with Crippen LogP contribution < -0.4 is 10.9 Å². The van der Waals surface area contributed by atoms with Crippen molar-refractivity contribution in [3.63, 3.8) is 0 Å². The number of hydrogen-bond donors (Lipinski definition) is 2. The van der Waals surface area contributed by atoms with Gasteiger partial charge in [-0.3, -0.25) is 9.59 Å². The number of rotatable bonds is 4. The summed E-state index contributed by atoms with van der Waals surface area (Å²) in [6.07, 6.45) is 1.41. The lowest BCUT2D eigenvalue weighted by Crippen LogP contribution is -2.36. The molecule has 0 atom stereocenters. The Morgan fingerprint density at radius 1 is 1.28 bits per heavy atom. The molecule has 9 nitrogen and oxygen atoms in total. The Morgan fingerprint density at radius 2 is 2.03 bits per heavy atom. The van der Waals surface area contributed by atoms with E-state index in [4.69, 9.17) is 4.74 Å². The van der Waals surface area contributed by atoms with E-state index in [1.165, 1.54) is 24.9 Å². The number of carboxylic acids is 1. The summed E-state index contributed by atoms with van der Waals surface area (Å²) in [7, 11) is 2.71. The highest BCUT2D eigenvalue weighted by Gasteiger charge is 2.23. The fourth-order valence-corrected chi connectivity index (χ4v) is 3.47. The van der Waals surface area contributed by atoms with Crippen LogP contribution in [-0.4, -0.2) is 53.2 Å². The maximum absolute atomic E-state index is 12.7. The molecule has 152 valence electrons. The minimum atomic E-state index is -1.23. The van der Waals surface area contributed by atoms with Gasteiger partial charge in [0, 0.05) is 26.3 Å². The number of carbonyl (C=O) groups excluding carboxylic acids is 2. The largest absolute Gasteiger partial charge is 0.478 e. The van der Waals surface area contributed by atoms with Gasteiger partial charge in [-0.1, -0.05) is 18.2 Å². The fourth-order valence-electron chi connectivity index (χ4n) is 3.47. The summed E-state index contributed by atoms with van der Waals surface area (Å²) in [6.45, 7) is 0.985. The summed E-state index contributed by atoms with van der Waals surface area (Å²) in [5.41, 5.74) is 1.83. The van der Waals surface area contributed by atoms with Crippen molar-refractivity contribution in [2.45, 2.75) is 19.5 Å². The van der Waals surface area contributed by atoms with Crippen molar-refractivity contribution in [3.05, 3.63) is 68.6 Å². The monoisotopic (exact) mass is 399 g/mol. The standard InChI is InChI=1S/C20H21N3O6/c1-21-17(24)16-8-14(19(26)27)11-23(18(16)25)10-13-5-3-4-12-9-22(20(28)29-2)7-6-15(12)13/h3-5,8,11H,6-7,9-10H2,1-2H3,(H,21,24)(H,26,27). The number of aromatic nitrogens is 1. The zero-order valence-corrected chi connectivity index (χ0v) is 16.1. The number of ether oxygens (including phenoxy) is 1. The number of carbonyl (C=O) groups is 3. The van der Waals surface area contributed by atoms with Gasteiger partial charge in [-0.15, -0.1) is 0 Å². The summed E-state index contributed by atoms with van der Waals surface area (Å²) in [6, 6.07) is 6.65. The molecule has 1 aromatic heterocycles. The van der Waals surface area contributed by atoms with Gasteiger partial charge in [0.1, 0.15) is 5.56 Å². The molecule has 2 N–H and O–H groups in total. The first kappa shape index (κ1) is 20.1. The topological polar surface area (TPSA) is 118 Å². The lowest BCUT2D eigenvalue weighted by Gasteiger charge is -2.29. The van der Waals surface area contributed by atoms with E-state index in [2.05, 4.69) is 5.32 Å². The van der Waals surface area contributed by atoms with Crippen molar-refractivity contribution in [1.82, 2.24) is 14.8 Å². The van der Waals surface area contributed by atoms with Gasteiger partial charge in [0.15, 0.2) is 0 Å². The van der Waals surface area contributed by atoms with E-state index in [9.17, 15) is 24.3 Å². The third kappa shape index (κ3) is 3.98. The lowest BCUT2D eigenvalue weighted by molar-refractivity contribution is 0.0695. The average Bonchev–Trinajstić information content (AvgIpc) is 2.73. The number of aromatic carboxylic acids is 1. The third-order valence-corrected chi connectivity index (χ3v) is 4.94. The Hall–Kier alpha value is -3.62. The Labute approximate surface area is 166 Å². The maximum atomic E-state index is 12.7. The summed E-state index contributed by atoms with van der Waals surface area (Å²) in [4.78, 5) is 49.6. The van der Waals surface area contributed by atoms with Gasteiger partial charge in [0.05, 0.1) is 19.2 Å². The van der Waals surface area contributed by atoms with E-state index in [0.717, 1.165) is 22.8 Å². The van der Waals surface area contributed by atoms with Crippen LogP contribution in [0, 0.1) is 0 Å². The van der Waals surface area contributed by atoms with Gasteiger partial charge in [0.2, 0.25) is 0 Å². The highest BCUT2D eigenvalue weighted by molar-refractivity contribution is 5.96. The Bertz CT molecular complexity index is 1040. The Kier molecular flexibility index (Phi) is 5.67. The molecule has 0 aliphatic carbocycles. The van der Waals surface area contributed by atoms with Gasteiger partial charge in [-0.25, -0.2) is 9.59 Å². The first-order chi connectivity index (χ1) is 13.8. The number of carboxylic acid groups (broad SMARTS) is 1. The van der Waals surface area contributed by atoms with Crippen LogP contribution in [0.15, 0.2) is 35.3 Å². The van der Waals surface area contributed by atoms with Gasteiger partial charge in [-0.2, -0.15) is 0 Å². The number of pyridine rings is 1. The van der Waals surface area contributed by atoms with Crippen molar-refractivity contribution in [2.24, 2.45) is 0 Å². The molecular formula is C20H21N3O6. The van der Waals surface area contributed by atoms with Gasteiger partial charge in [0.25, 0.3) is 11.5 Å². The van der Waals surface area contributed by atoms with E-state index in [1.807, 2.05) is 18.2 Å². The smallest absolute Gasteiger partial charge is 0.409 e. The average molecular weight is 399 g/mol. The van der Waals surface area contributed by atoms with Gasteiger partial charge >= 0.3 is 12.1 Å². The number of fused-ring (bicyclic) bond motifs is 1. The molecule has 3 rings (SSSR count). The van der Waals surface area contributed by atoms with Crippen LogP contribution in [0.2, 0.25) is 0 Å².